The maximum absolute atomic E-state index is 13.2. The summed E-state index contributed by atoms with van der Waals surface area (Å²) in [5, 5.41) is 4.69. The van der Waals surface area contributed by atoms with Crippen molar-refractivity contribution in [3.63, 3.8) is 0 Å². The number of Topliss-reactive ketones (excluding diaryl/α,β-unsaturated/α-hetero) is 1. The van der Waals surface area contributed by atoms with Gasteiger partial charge < -0.3 is 15.5 Å². The molecule has 0 spiro atoms. The zero-order chi connectivity index (χ0) is 25.2. The number of amides is 1. The van der Waals surface area contributed by atoms with E-state index in [-0.39, 0.29) is 17.7 Å². The van der Waals surface area contributed by atoms with Crippen LogP contribution in [0.2, 0.25) is 0 Å². The minimum absolute atomic E-state index is 0.0156. The quantitative estimate of drug-likeness (QED) is 0.637. The van der Waals surface area contributed by atoms with E-state index in [1.165, 1.54) is 16.8 Å². The molecule has 3 heterocycles. The van der Waals surface area contributed by atoms with Gasteiger partial charge in [0.2, 0.25) is 0 Å². The van der Waals surface area contributed by atoms with Crippen LogP contribution in [0.25, 0.3) is 0 Å². The van der Waals surface area contributed by atoms with E-state index in [1.54, 1.807) is 0 Å². The molecule has 0 radical (unpaired) electrons. The molecule has 7 heteroatoms. The topological polar surface area (TPSA) is 84.5 Å². The highest BCUT2D eigenvalue weighted by Crippen LogP contribution is 2.30. The zero-order valence-corrected chi connectivity index (χ0v) is 22.0. The Morgan fingerprint density at radius 2 is 1.78 bits per heavy atom. The van der Waals surface area contributed by atoms with Crippen LogP contribution in [-0.4, -0.2) is 58.6 Å². The number of aromatic nitrogens is 2. The van der Waals surface area contributed by atoms with Crippen molar-refractivity contribution in [1.29, 1.82) is 0 Å². The number of hydrogen-bond donors (Lipinski definition) is 1. The highest BCUT2D eigenvalue weighted by atomic mass is 16.2. The number of aryl methyl sites for hydroxylation is 1. The lowest BCUT2D eigenvalue weighted by Gasteiger charge is -2.34. The summed E-state index contributed by atoms with van der Waals surface area (Å²) in [6.07, 6.45) is 8.32. The Labute approximate surface area is 215 Å². The minimum Gasteiger partial charge on any atom is -0.371 e. The van der Waals surface area contributed by atoms with Gasteiger partial charge in [0.05, 0.1) is 6.54 Å². The van der Waals surface area contributed by atoms with Gasteiger partial charge in [-0.2, -0.15) is 5.10 Å². The number of likely N-dealkylation sites (tertiary alicyclic amines) is 1. The number of carbonyl (C=O) groups is 2. The van der Waals surface area contributed by atoms with Crippen molar-refractivity contribution in [3.05, 3.63) is 46.3 Å². The first-order valence-corrected chi connectivity index (χ1v) is 13.9. The fraction of sp³-hybridized carbons (Fsp3) is 0.621. The molecule has 1 aromatic heterocycles. The van der Waals surface area contributed by atoms with Crippen LogP contribution < -0.4 is 10.6 Å². The first-order chi connectivity index (χ1) is 17.4. The fourth-order valence-corrected chi connectivity index (χ4v) is 6.22. The third kappa shape index (κ3) is 5.22. The van der Waals surface area contributed by atoms with Gasteiger partial charge in [0.1, 0.15) is 0 Å². The SMILES string of the molecule is Cc1cccc(N2CCC(CCC(=O)Cn3nc(C(=O)N4CCC(N)CC4)c4c3CCC4)CC2)c1C. The molecule has 2 fully saturated rings. The van der Waals surface area contributed by atoms with Gasteiger partial charge in [0, 0.05) is 55.6 Å². The summed E-state index contributed by atoms with van der Waals surface area (Å²) in [6.45, 7) is 8.19. The van der Waals surface area contributed by atoms with Crippen LogP contribution >= 0.6 is 0 Å². The summed E-state index contributed by atoms with van der Waals surface area (Å²) in [5.41, 5.74) is 12.8. The number of nitrogens with two attached hydrogens (primary N) is 1. The Balaban J connectivity index is 1.14. The van der Waals surface area contributed by atoms with Crippen molar-refractivity contribution in [2.24, 2.45) is 11.7 Å². The van der Waals surface area contributed by atoms with Gasteiger partial charge in [0.25, 0.3) is 5.91 Å². The molecule has 5 rings (SSSR count). The summed E-state index contributed by atoms with van der Waals surface area (Å²) < 4.78 is 1.84. The molecule has 2 aromatic rings. The maximum atomic E-state index is 13.2. The summed E-state index contributed by atoms with van der Waals surface area (Å²) in [6, 6.07) is 6.74. The van der Waals surface area contributed by atoms with Gasteiger partial charge in [-0.05, 0) is 88.3 Å². The summed E-state index contributed by atoms with van der Waals surface area (Å²) in [7, 11) is 0. The number of fused-ring (bicyclic) bond motifs is 1. The Bertz CT molecular complexity index is 1110. The number of piperidine rings is 2. The van der Waals surface area contributed by atoms with E-state index in [9.17, 15) is 9.59 Å². The molecule has 36 heavy (non-hydrogen) atoms. The number of anilines is 1. The molecule has 2 N–H and O–H groups in total. The molecule has 194 valence electrons. The van der Waals surface area contributed by atoms with Gasteiger partial charge >= 0.3 is 0 Å². The molecule has 1 aromatic carbocycles. The predicted octanol–water partition coefficient (Wildman–Crippen LogP) is 3.82. The molecular formula is C29H41N5O2. The lowest BCUT2D eigenvalue weighted by molar-refractivity contribution is -0.120. The molecule has 7 nitrogen and oxygen atoms in total. The maximum Gasteiger partial charge on any atom is 0.274 e. The van der Waals surface area contributed by atoms with E-state index in [0.717, 1.165) is 75.7 Å². The van der Waals surface area contributed by atoms with Gasteiger partial charge in [-0.1, -0.05) is 12.1 Å². The highest BCUT2D eigenvalue weighted by Gasteiger charge is 2.31. The minimum atomic E-state index is 0.0156. The van der Waals surface area contributed by atoms with Crippen LogP contribution in [0.1, 0.15) is 77.8 Å². The van der Waals surface area contributed by atoms with Crippen LogP contribution in [-0.2, 0) is 24.2 Å². The van der Waals surface area contributed by atoms with Gasteiger partial charge in [-0.25, -0.2) is 0 Å². The third-order valence-corrected chi connectivity index (χ3v) is 8.73. The van der Waals surface area contributed by atoms with Crippen molar-refractivity contribution in [3.8, 4) is 0 Å². The van der Waals surface area contributed by atoms with E-state index in [2.05, 4.69) is 42.0 Å². The van der Waals surface area contributed by atoms with Crippen LogP contribution in [0.5, 0.6) is 0 Å². The molecule has 0 saturated carbocycles. The molecule has 2 aliphatic heterocycles. The molecule has 0 atom stereocenters. The van der Waals surface area contributed by atoms with Crippen LogP contribution in [0.3, 0.4) is 0 Å². The van der Waals surface area contributed by atoms with Crippen molar-refractivity contribution in [2.45, 2.75) is 84.2 Å². The average Bonchev–Trinajstić information content (AvgIpc) is 3.49. The predicted molar refractivity (Wildman–Crippen MR) is 142 cm³/mol. The number of ketones is 1. The standard InChI is InChI=1S/C29H41N5O2/c1-20-5-3-7-26(21(20)2)32-15-11-22(12-16-32)9-10-24(35)19-34-27-8-4-6-25(27)28(31-34)29(36)33-17-13-23(30)14-18-33/h3,5,7,22-23H,4,6,8-19,30H2,1-2H3. The molecular weight excluding hydrogens is 450 g/mol. The van der Waals surface area contributed by atoms with Crippen LogP contribution in [0.4, 0.5) is 5.69 Å². The van der Waals surface area contributed by atoms with Crippen molar-refractivity contribution in [2.75, 3.05) is 31.1 Å². The summed E-state index contributed by atoms with van der Waals surface area (Å²) >= 11 is 0. The zero-order valence-electron chi connectivity index (χ0n) is 22.0. The molecule has 1 amide bonds. The summed E-state index contributed by atoms with van der Waals surface area (Å²) in [5.74, 6) is 0.843. The molecule has 2 saturated heterocycles. The van der Waals surface area contributed by atoms with Gasteiger partial charge in [0.15, 0.2) is 11.5 Å². The largest absolute Gasteiger partial charge is 0.371 e. The Kier molecular flexibility index (Phi) is 7.47. The first kappa shape index (κ1) is 25.0. The van der Waals surface area contributed by atoms with Crippen LogP contribution in [0.15, 0.2) is 18.2 Å². The fourth-order valence-electron chi connectivity index (χ4n) is 6.22. The monoisotopic (exact) mass is 491 g/mol. The summed E-state index contributed by atoms with van der Waals surface area (Å²) in [4.78, 5) is 30.5. The number of nitrogens with zero attached hydrogens (tertiary/aromatic N) is 4. The second-order valence-electron chi connectivity index (χ2n) is 11.1. The number of carbonyl (C=O) groups excluding carboxylic acids is 2. The average molecular weight is 492 g/mol. The van der Waals surface area contributed by atoms with E-state index < -0.39 is 0 Å². The van der Waals surface area contributed by atoms with Crippen molar-refractivity contribution in [1.82, 2.24) is 14.7 Å². The van der Waals surface area contributed by atoms with Crippen molar-refractivity contribution < 1.29 is 9.59 Å². The van der Waals surface area contributed by atoms with E-state index in [1.807, 2.05) is 9.58 Å². The number of hydrogen-bond acceptors (Lipinski definition) is 5. The van der Waals surface area contributed by atoms with Gasteiger partial charge in [-0.15, -0.1) is 0 Å². The second-order valence-corrected chi connectivity index (χ2v) is 11.1. The number of benzene rings is 1. The highest BCUT2D eigenvalue weighted by molar-refractivity contribution is 5.94. The number of rotatable bonds is 7. The lowest BCUT2D eigenvalue weighted by atomic mass is 9.90. The van der Waals surface area contributed by atoms with E-state index >= 15 is 0 Å². The third-order valence-electron chi connectivity index (χ3n) is 8.73. The normalized spacial score (nSPS) is 19.1. The van der Waals surface area contributed by atoms with Crippen molar-refractivity contribution >= 4 is 17.4 Å². The molecule has 0 bridgehead atoms. The van der Waals surface area contributed by atoms with E-state index in [0.29, 0.717) is 37.7 Å². The Hall–Kier alpha value is -2.67. The smallest absolute Gasteiger partial charge is 0.274 e. The Morgan fingerprint density at radius 1 is 1.03 bits per heavy atom. The van der Waals surface area contributed by atoms with E-state index in [4.69, 9.17) is 5.73 Å². The Morgan fingerprint density at radius 3 is 2.53 bits per heavy atom. The molecule has 1 aliphatic carbocycles. The van der Waals surface area contributed by atoms with Crippen LogP contribution in [0, 0.1) is 19.8 Å². The first-order valence-electron chi connectivity index (χ1n) is 13.9. The molecule has 3 aliphatic rings. The molecule has 0 unspecified atom stereocenters. The lowest BCUT2D eigenvalue weighted by Crippen LogP contribution is -2.43. The van der Waals surface area contributed by atoms with Gasteiger partial charge in [-0.3, -0.25) is 14.3 Å². The second kappa shape index (κ2) is 10.8.